The minimum Gasteiger partial charge on any atom is -0.491 e. The number of aryl methyl sites for hydroxylation is 1. The summed E-state index contributed by atoms with van der Waals surface area (Å²) in [6, 6.07) is 14.9. The molecule has 0 aliphatic carbocycles. The minimum absolute atomic E-state index is 0.124. The number of nitriles is 1. The molecule has 15 heteroatoms. The number of hydrogen-bond donors (Lipinski definition) is 4. The topological polar surface area (TPSA) is 245 Å². The van der Waals surface area contributed by atoms with Gasteiger partial charge in [-0.3, -0.25) is 14.9 Å². The van der Waals surface area contributed by atoms with Crippen molar-refractivity contribution in [3.63, 3.8) is 0 Å². The van der Waals surface area contributed by atoms with E-state index >= 15 is 0 Å². The SMILES string of the molecule is C=C.C=CC(=O)OCCCCCOc1cc(N)c(OCCCCCOC(C)=O)cc1N.CC.Cc1cc(N(C)C)ccc1N.N#Cc1cc([N+](=O)[O-])ccc1N. The molecule has 0 saturated heterocycles. The van der Waals surface area contributed by atoms with Crippen molar-refractivity contribution in [2.75, 3.05) is 68.4 Å². The second-order valence-corrected chi connectivity index (χ2v) is 11.5. The molecule has 8 N–H and O–H groups in total. The molecule has 0 saturated carbocycles. The van der Waals surface area contributed by atoms with Crippen LogP contribution in [0.3, 0.4) is 0 Å². The van der Waals surface area contributed by atoms with Crippen molar-refractivity contribution < 1.29 is 33.5 Å². The maximum Gasteiger partial charge on any atom is 0.330 e. The van der Waals surface area contributed by atoms with Crippen LogP contribution in [-0.4, -0.2) is 57.4 Å². The van der Waals surface area contributed by atoms with E-state index in [2.05, 4.69) is 30.7 Å². The number of hydrogen-bond acceptors (Lipinski definition) is 14. The molecular weight excluding hydrogens is 718 g/mol. The van der Waals surface area contributed by atoms with Gasteiger partial charge < -0.3 is 46.8 Å². The van der Waals surface area contributed by atoms with Gasteiger partial charge in [-0.25, -0.2) is 4.79 Å². The highest BCUT2D eigenvalue weighted by atomic mass is 16.6. The highest BCUT2D eigenvalue weighted by molar-refractivity contribution is 5.81. The second kappa shape index (κ2) is 31.0. The van der Waals surface area contributed by atoms with Crippen molar-refractivity contribution in [2.45, 2.75) is 66.2 Å². The Morgan fingerprint density at radius 1 is 0.786 bits per heavy atom. The fourth-order valence-corrected chi connectivity index (χ4v) is 4.11. The van der Waals surface area contributed by atoms with Crippen molar-refractivity contribution in [3.8, 4) is 17.6 Å². The van der Waals surface area contributed by atoms with Gasteiger partial charge in [0.1, 0.15) is 17.6 Å². The summed E-state index contributed by atoms with van der Waals surface area (Å²) in [5, 5.41) is 18.7. The maximum atomic E-state index is 10.9. The maximum absolute atomic E-state index is 10.9. The number of benzene rings is 3. The van der Waals surface area contributed by atoms with Crippen LogP contribution >= 0.6 is 0 Å². The van der Waals surface area contributed by atoms with Crippen LogP contribution in [0.5, 0.6) is 11.5 Å². The zero-order valence-electron chi connectivity index (χ0n) is 33.8. The summed E-state index contributed by atoms with van der Waals surface area (Å²) >= 11 is 0. The zero-order valence-corrected chi connectivity index (χ0v) is 33.8. The summed E-state index contributed by atoms with van der Waals surface area (Å²) in [7, 11) is 4.04. The molecular formula is C41H61N7O8. The Kier molecular flexibility index (Phi) is 28.6. The summed E-state index contributed by atoms with van der Waals surface area (Å²) in [5.41, 5.74) is 27.4. The monoisotopic (exact) mass is 779 g/mol. The highest BCUT2D eigenvalue weighted by Crippen LogP contribution is 2.33. The predicted molar refractivity (Wildman–Crippen MR) is 226 cm³/mol. The lowest BCUT2D eigenvalue weighted by molar-refractivity contribution is -0.384. The van der Waals surface area contributed by atoms with E-state index in [4.69, 9.17) is 47.1 Å². The Labute approximate surface area is 332 Å². The molecule has 308 valence electrons. The number of nitro groups is 1. The van der Waals surface area contributed by atoms with E-state index in [0.717, 1.165) is 61.9 Å². The minimum atomic E-state index is -0.569. The molecule has 0 fully saturated rings. The van der Waals surface area contributed by atoms with Crippen LogP contribution in [0.25, 0.3) is 0 Å². The van der Waals surface area contributed by atoms with E-state index in [1.165, 1.54) is 24.7 Å². The third kappa shape index (κ3) is 22.6. The van der Waals surface area contributed by atoms with Crippen LogP contribution in [0.4, 0.5) is 34.1 Å². The fourth-order valence-electron chi connectivity index (χ4n) is 4.11. The molecule has 3 rings (SSSR count). The van der Waals surface area contributed by atoms with Crippen LogP contribution in [0.1, 0.15) is 70.4 Å². The standard InChI is InChI=1S/C21H32N2O6.C9H14N2.C7H5N3O2.C2H6.C2H4/c1-3-21(25)29-13-9-5-8-12-28-20-15-17(22)19(14-18(20)23)27-11-7-4-6-10-26-16(2)24;1-7-6-8(11(2)3)4-5-9(7)10;8-4-5-3-6(10(11)12)1-2-7(5)9;2*1-2/h3,14-15H,1,4-13,22-23H2,2H3;4-6H,10H2,1-3H3;1-3H,9H2;1-2H3;1-2H2. The smallest absolute Gasteiger partial charge is 0.330 e. The Bertz CT molecular complexity index is 1680. The number of non-ortho nitro benzene ring substituents is 1. The van der Waals surface area contributed by atoms with Gasteiger partial charge in [0.15, 0.2) is 0 Å². The Morgan fingerprint density at radius 2 is 1.27 bits per heavy atom. The molecule has 0 atom stereocenters. The van der Waals surface area contributed by atoms with Crippen LogP contribution in [0, 0.1) is 28.4 Å². The average Bonchev–Trinajstić information content (AvgIpc) is 3.18. The largest absolute Gasteiger partial charge is 0.491 e. The molecule has 0 spiro atoms. The van der Waals surface area contributed by atoms with E-state index < -0.39 is 10.9 Å². The van der Waals surface area contributed by atoms with Crippen molar-refractivity contribution in [1.82, 2.24) is 0 Å². The average molecular weight is 780 g/mol. The lowest BCUT2D eigenvalue weighted by Gasteiger charge is -2.14. The van der Waals surface area contributed by atoms with Crippen LogP contribution in [-0.2, 0) is 19.1 Å². The van der Waals surface area contributed by atoms with E-state index in [1.807, 2.05) is 47.0 Å². The summed E-state index contributed by atoms with van der Waals surface area (Å²) in [4.78, 5) is 33.3. The van der Waals surface area contributed by atoms with Crippen LogP contribution in [0.15, 0.2) is 74.3 Å². The van der Waals surface area contributed by atoms with Gasteiger partial charge in [0.25, 0.3) is 5.69 Å². The molecule has 0 radical (unpaired) electrons. The summed E-state index contributed by atoms with van der Waals surface area (Å²) in [5.74, 6) is 0.378. The number of nitrogens with zero attached hydrogens (tertiary/aromatic N) is 3. The first kappa shape index (κ1) is 51.7. The first-order chi connectivity index (χ1) is 26.7. The number of ether oxygens (including phenoxy) is 4. The molecule has 0 bridgehead atoms. The molecule has 0 aliphatic heterocycles. The summed E-state index contributed by atoms with van der Waals surface area (Å²) < 4.78 is 21.1. The molecule has 3 aromatic rings. The second-order valence-electron chi connectivity index (χ2n) is 11.5. The van der Waals surface area contributed by atoms with Crippen LogP contribution < -0.4 is 37.3 Å². The number of nitro benzene ring substituents is 1. The Balaban J connectivity index is 0. The van der Waals surface area contributed by atoms with Gasteiger partial charge in [0.2, 0.25) is 0 Å². The number of anilines is 5. The number of nitrogens with two attached hydrogens (primary N) is 4. The summed E-state index contributed by atoms with van der Waals surface area (Å²) in [6.45, 7) is 18.5. The van der Waals surface area contributed by atoms with Gasteiger partial charge in [-0.05, 0) is 75.3 Å². The number of nitrogen functional groups attached to an aromatic ring is 4. The zero-order chi connectivity index (χ0) is 43.1. The van der Waals surface area contributed by atoms with Crippen molar-refractivity contribution in [3.05, 3.63) is 95.6 Å². The first-order valence-electron chi connectivity index (χ1n) is 18.0. The van der Waals surface area contributed by atoms with E-state index in [9.17, 15) is 19.7 Å². The molecule has 3 aromatic carbocycles. The predicted octanol–water partition coefficient (Wildman–Crippen LogP) is 7.76. The third-order valence-electron chi connectivity index (χ3n) is 7.09. The quantitative estimate of drug-likeness (QED) is 0.0195. The van der Waals surface area contributed by atoms with Gasteiger partial charge in [-0.2, -0.15) is 5.26 Å². The van der Waals surface area contributed by atoms with Gasteiger partial charge >= 0.3 is 11.9 Å². The van der Waals surface area contributed by atoms with Gasteiger partial charge in [-0.1, -0.05) is 20.4 Å². The molecule has 0 amide bonds. The normalized spacial score (nSPS) is 9.30. The molecule has 15 nitrogen and oxygen atoms in total. The third-order valence-corrected chi connectivity index (χ3v) is 7.09. The lowest BCUT2D eigenvalue weighted by Crippen LogP contribution is -2.08. The Morgan fingerprint density at radius 3 is 1.70 bits per heavy atom. The number of esters is 2. The van der Waals surface area contributed by atoms with E-state index in [-0.39, 0.29) is 22.9 Å². The number of carbonyl (C=O) groups is 2. The number of unbranched alkanes of at least 4 members (excludes halogenated alkanes) is 4. The molecule has 0 unspecified atom stereocenters. The summed E-state index contributed by atoms with van der Waals surface area (Å²) in [6.07, 6.45) is 6.07. The molecule has 56 heavy (non-hydrogen) atoms. The van der Waals surface area contributed by atoms with Crippen LogP contribution in [0.2, 0.25) is 0 Å². The van der Waals surface area contributed by atoms with Gasteiger partial charge in [0, 0.05) is 68.4 Å². The molecule has 0 aliphatic rings. The van der Waals surface area contributed by atoms with Gasteiger partial charge in [0.05, 0.1) is 48.3 Å². The number of rotatable bonds is 17. The Hall–Kier alpha value is -6.43. The van der Waals surface area contributed by atoms with Crippen molar-refractivity contribution in [1.29, 1.82) is 5.26 Å². The van der Waals surface area contributed by atoms with Gasteiger partial charge in [-0.15, -0.1) is 13.2 Å². The highest BCUT2D eigenvalue weighted by Gasteiger charge is 2.09. The molecule has 0 aromatic heterocycles. The first-order valence-corrected chi connectivity index (χ1v) is 18.0. The lowest BCUT2D eigenvalue weighted by atomic mass is 10.2. The fraction of sp³-hybridized carbons (Fsp3) is 0.390. The molecule has 0 heterocycles. The van der Waals surface area contributed by atoms with E-state index in [1.54, 1.807) is 18.2 Å². The van der Waals surface area contributed by atoms with E-state index in [0.29, 0.717) is 49.3 Å². The number of carbonyl (C=O) groups excluding carboxylic acids is 2. The van der Waals surface area contributed by atoms with Crippen molar-refractivity contribution >= 4 is 46.1 Å². The van der Waals surface area contributed by atoms with Crippen molar-refractivity contribution in [2.24, 2.45) is 0 Å².